The fraction of sp³-hybridized carbons (Fsp3) is 0.154. The number of benzene rings is 1. The smallest absolute Gasteiger partial charge is 0.810 e. The zero-order valence-corrected chi connectivity index (χ0v) is 16.8. The molecule has 1 heterocycles. The number of aryl methyl sites for hydroxylation is 1. The molecule has 0 atom stereocenters. The van der Waals surface area contributed by atoms with Crippen LogP contribution in [-0.4, -0.2) is 4.98 Å². The third kappa shape index (κ3) is 6.52. The van der Waals surface area contributed by atoms with Crippen molar-refractivity contribution in [1.82, 2.24) is 4.98 Å². The molecule has 4 nitrogen and oxygen atoms in total. The SMILES string of the molecule is Cc1ccc(-c2ccc(CP(=O)([O-])[O-])nc2)cc1.[Na+].[Na+]. The second-order valence-corrected chi connectivity index (χ2v) is 5.71. The second kappa shape index (κ2) is 8.84. The summed E-state index contributed by atoms with van der Waals surface area (Å²) >= 11 is 0. The molecule has 2 aromatic rings. The van der Waals surface area contributed by atoms with Gasteiger partial charge in [0, 0.05) is 23.6 Å². The quantitative estimate of drug-likeness (QED) is 0.423. The average molecular weight is 307 g/mol. The van der Waals surface area contributed by atoms with Crippen LogP contribution in [0, 0.1) is 6.92 Å². The van der Waals surface area contributed by atoms with Gasteiger partial charge in [0.2, 0.25) is 0 Å². The Kier molecular flexibility index (Phi) is 9.07. The molecule has 0 aliphatic heterocycles. The van der Waals surface area contributed by atoms with Crippen LogP contribution in [0.1, 0.15) is 11.3 Å². The number of aromatic nitrogens is 1. The number of hydrogen-bond acceptors (Lipinski definition) is 4. The minimum Gasteiger partial charge on any atom is -0.810 e. The van der Waals surface area contributed by atoms with E-state index in [4.69, 9.17) is 0 Å². The van der Waals surface area contributed by atoms with E-state index in [0.29, 0.717) is 0 Å². The molecule has 0 fully saturated rings. The van der Waals surface area contributed by atoms with Crippen molar-refractivity contribution in [2.45, 2.75) is 13.1 Å². The van der Waals surface area contributed by atoms with Gasteiger partial charge >= 0.3 is 59.1 Å². The fourth-order valence-electron chi connectivity index (χ4n) is 1.63. The van der Waals surface area contributed by atoms with Crippen molar-refractivity contribution < 1.29 is 73.5 Å². The Morgan fingerprint density at radius 1 is 1.00 bits per heavy atom. The summed E-state index contributed by atoms with van der Waals surface area (Å²) in [5, 5.41) is 0. The van der Waals surface area contributed by atoms with Crippen molar-refractivity contribution in [2.24, 2.45) is 0 Å². The average Bonchev–Trinajstić information content (AvgIpc) is 2.29. The van der Waals surface area contributed by atoms with Crippen LogP contribution in [0.5, 0.6) is 0 Å². The second-order valence-electron chi connectivity index (χ2n) is 4.17. The van der Waals surface area contributed by atoms with E-state index < -0.39 is 13.8 Å². The topological polar surface area (TPSA) is 76.1 Å². The molecule has 0 saturated carbocycles. The number of rotatable bonds is 3. The molecule has 1 aromatic carbocycles. The number of nitrogens with zero attached hydrogens (tertiary/aromatic N) is 1. The Balaban J connectivity index is 0.00000180. The van der Waals surface area contributed by atoms with E-state index >= 15 is 0 Å². The molecule has 0 bridgehead atoms. The Morgan fingerprint density at radius 3 is 2.00 bits per heavy atom. The van der Waals surface area contributed by atoms with Crippen LogP contribution in [-0.2, 0) is 10.7 Å². The van der Waals surface area contributed by atoms with Crippen molar-refractivity contribution in [3.8, 4) is 11.1 Å². The van der Waals surface area contributed by atoms with E-state index in [1.165, 1.54) is 5.56 Å². The van der Waals surface area contributed by atoms with Crippen LogP contribution in [0.2, 0.25) is 0 Å². The summed E-state index contributed by atoms with van der Waals surface area (Å²) in [7, 11) is -4.54. The van der Waals surface area contributed by atoms with Gasteiger partial charge < -0.3 is 14.4 Å². The first-order valence-corrected chi connectivity index (χ1v) is 7.20. The van der Waals surface area contributed by atoms with Gasteiger partial charge in [-0.2, -0.15) is 0 Å². The third-order valence-corrected chi connectivity index (χ3v) is 3.28. The molecule has 0 amide bonds. The monoisotopic (exact) mass is 307 g/mol. The van der Waals surface area contributed by atoms with Crippen LogP contribution < -0.4 is 68.9 Å². The molecule has 20 heavy (non-hydrogen) atoms. The Labute approximate surface area is 162 Å². The van der Waals surface area contributed by atoms with E-state index in [-0.39, 0.29) is 64.8 Å². The van der Waals surface area contributed by atoms with Crippen LogP contribution in [0.25, 0.3) is 11.1 Å². The molecule has 2 rings (SSSR count). The molecular formula is C13H12NNa2O3P. The maximum Gasteiger partial charge on any atom is 1.00 e. The summed E-state index contributed by atoms with van der Waals surface area (Å²) in [4.78, 5) is 25.2. The van der Waals surface area contributed by atoms with Gasteiger partial charge in [0.25, 0.3) is 0 Å². The Morgan fingerprint density at radius 2 is 1.55 bits per heavy atom. The summed E-state index contributed by atoms with van der Waals surface area (Å²) < 4.78 is 10.6. The van der Waals surface area contributed by atoms with Crippen LogP contribution >= 0.6 is 7.60 Å². The van der Waals surface area contributed by atoms with Gasteiger partial charge in [0.05, 0.1) is 0 Å². The predicted molar refractivity (Wildman–Crippen MR) is 65.7 cm³/mol. The van der Waals surface area contributed by atoms with Gasteiger partial charge in [0.1, 0.15) is 0 Å². The summed E-state index contributed by atoms with van der Waals surface area (Å²) in [6.07, 6.45) is 1.04. The standard InChI is InChI=1S/C13H14NO3P.2Na/c1-10-2-4-11(5-3-10)12-6-7-13(14-8-12)9-18(15,16)17;;/h2-8H,9H2,1H3,(H2,15,16,17);;/q;2*+1/p-2. The molecular weight excluding hydrogens is 295 g/mol. The first kappa shape index (κ1) is 20.5. The number of hydrogen-bond donors (Lipinski definition) is 0. The molecule has 0 spiro atoms. The molecule has 0 unspecified atom stereocenters. The normalized spacial score (nSPS) is 10.3. The Bertz CT molecular complexity index is 582. The minimum absolute atomic E-state index is 0. The van der Waals surface area contributed by atoms with Gasteiger partial charge in [-0.1, -0.05) is 43.5 Å². The third-order valence-electron chi connectivity index (χ3n) is 2.57. The first-order chi connectivity index (χ1) is 8.44. The first-order valence-electron chi connectivity index (χ1n) is 5.47. The summed E-state index contributed by atoms with van der Waals surface area (Å²) in [6.45, 7) is 2.01. The van der Waals surface area contributed by atoms with Gasteiger partial charge in [-0.25, -0.2) is 0 Å². The van der Waals surface area contributed by atoms with Crippen molar-refractivity contribution >= 4 is 7.60 Å². The minimum atomic E-state index is -4.54. The molecule has 0 radical (unpaired) electrons. The van der Waals surface area contributed by atoms with Gasteiger partial charge in [-0.15, -0.1) is 0 Å². The van der Waals surface area contributed by atoms with E-state index in [0.717, 1.165) is 11.1 Å². The van der Waals surface area contributed by atoms with E-state index in [1.54, 1.807) is 18.3 Å². The van der Waals surface area contributed by atoms with E-state index in [2.05, 4.69) is 4.98 Å². The molecule has 0 aliphatic carbocycles. The van der Waals surface area contributed by atoms with Crippen LogP contribution in [0.3, 0.4) is 0 Å². The largest absolute Gasteiger partial charge is 1.00 e. The van der Waals surface area contributed by atoms with Crippen molar-refractivity contribution in [3.05, 3.63) is 53.9 Å². The summed E-state index contributed by atoms with van der Waals surface area (Å²) in [6, 6.07) is 11.3. The zero-order valence-electron chi connectivity index (χ0n) is 11.9. The predicted octanol–water partition coefficient (Wildman–Crippen LogP) is -4.52. The molecule has 1 aromatic heterocycles. The molecule has 0 aliphatic rings. The summed E-state index contributed by atoms with van der Waals surface area (Å²) in [5.74, 6) is 0. The number of pyridine rings is 1. The van der Waals surface area contributed by atoms with Gasteiger partial charge in [0.15, 0.2) is 0 Å². The van der Waals surface area contributed by atoms with Crippen molar-refractivity contribution in [1.29, 1.82) is 0 Å². The van der Waals surface area contributed by atoms with Crippen molar-refractivity contribution in [3.63, 3.8) is 0 Å². The van der Waals surface area contributed by atoms with Gasteiger partial charge in [-0.05, 0) is 18.6 Å². The molecule has 0 N–H and O–H groups in total. The summed E-state index contributed by atoms with van der Waals surface area (Å²) in [5.41, 5.74) is 3.35. The molecule has 7 heteroatoms. The van der Waals surface area contributed by atoms with Gasteiger partial charge in [-0.3, -0.25) is 4.98 Å². The molecule has 94 valence electrons. The van der Waals surface area contributed by atoms with E-state index in [1.807, 2.05) is 31.2 Å². The van der Waals surface area contributed by atoms with Crippen molar-refractivity contribution in [2.75, 3.05) is 0 Å². The maximum absolute atomic E-state index is 10.6. The molecule has 0 saturated heterocycles. The van der Waals surface area contributed by atoms with E-state index in [9.17, 15) is 14.4 Å². The van der Waals surface area contributed by atoms with Crippen LogP contribution in [0.15, 0.2) is 42.6 Å². The maximum atomic E-state index is 10.6. The Hall–Kier alpha value is 0.520. The fourth-order valence-corrected chi connectivity index (χ4v) is 2.22. The van der Waals surface area contributed by atoms with Crippen LogP contribution in [0.4, 0.5) is 0 Å². The zero-order chi connectivity index (χ0) is 13.2.